The molecular formula is C14H17F4NO2. The van der Waals surface area contributed by atoms with Gasteiger partial charge in [0.05, 0.1) is 7.11 Å². The molecule has 0 aliphatic rings. The van der Waals surface area contributed by atoms with Gasteiger partial charge in [0.15, 0.2) is 23.3 Å². The van der Waals surface area contributed by atoms with E-state index >= 15 is 0 Å². The third-order valence-corrected chi connectivity index (χ3v) is 3.60. The Balaban J connectivity index is 2.98. The maximum absolute atomic E-state index is 13.7. The zero-order valence-electron chi connectivity index (χ0n) is 11.9. The third-order valence-electron chi connectivity index (χ3n) is 3.60. The largest absolute Gasteiger partial charge is 0.468 e. The highest BCUT2D eigenvalue weighted by atomic mass is 19.2. The van der Waals surface area contributed by atoms with Gasteiger partial charge in [0.2, 0.25) is 0 Å². The molecule has 0 fully saturated rings. The minimum absolute atomic E-state index is 0.133. The van der Waals surface area contributed by atoms with Gasteiger partial charge < -0.3 is 10.5 Å². The summed E-state index contributed by atoms with van der Waals surface area (Å²) >= 11 is 0. The lowest BCUT2D eigenvalue weighted by atomic mass is 9.84. The SMILES string of the molecule is COC(=O)C(N)CC(C)C(C)c1cc(F)c(F)c(F)c1F. The lowest BCUT2D eigenvalue weighted by Crippen LogP contribution is -2.34. The average molecular weight is 307 g/mol. The highest BCUT2D eigenvalue weighted by Gasteiger charge is 2.27. The van der Waals surface area contributed by atoms with Gasteiger partial charge in [-0.05, 0) is 29.9 Å². The van der Waals surface area contributed by atoms with E-state index in [9.17, 15) is 22.4 Å². The molecule has 0 amide bonds. The summed E-state index contributed by atoms with van der Waals surface area (Å²) in [6, 6.07) is -0.302. The Morgan fingerprint density at radius 1 is 1.19 bits per heavy atom. The van der Waals surface area contributed by atoms with Crippen LogP contribution in [-0.4, -0.2) is 19.1 Å². The fourth-order valence-corrected chi connectivity index (χ4v) is 2.08. The smallest absolute Gasteiger partial charge is 0.322 e. The quantitative estimate of drug-likeness (QED) is 0.394. The fourth-order valence-electron chi connectivity index (χ4n) is 2.08. The molecule has 3 unspecified atom stereocenters. The summed E-state index contributed by atoms with van der Waals surface area (Å²) in [5, 5.41) is 0. The molecule has 118 valence electrons. The van der Waals surface area contributed by atoms with Crippen molar-refractivity contribution in [3.8, 4) is 0 Å². The van der Waals surface area contributed by atoms with Gasteiger partial charge in [-0.15, -0.1) is 0 Å². The summed E-state index contributed by atoms with van der Waals surface area (Å²) in [7, 11) is 1.18. The van der Waals surface area contributed by atoms with Gasteiger partial charge in [-0.3, -0.25) is 4.79 Å². The summed E-state index contributed by atoms with van der Waals surface area (Å²) in [5.41, 5.74) is 5.29. The molecule has 0 aromatic heterocycles. The Morgan fingerprint density at radius 2 is 1.76 bits per heavy atom. The van der Waals surface area contributed by atoms with Crippen LogP contribution in [0.5, 0.6) is 0 Å². The number of benzene rings is 1. The van der Waals surface area contributed by atoms with Crippen LogP contribution in [0.25, 0.3) is 0 Å². The van der Waals surface area contributed by atoms with Gasteiger partial charge in [-0.1, -0.05) is 13.8 Å². The Hall–Kier alpha value is -1.63. The van der Waals surface area contributed by atoms with E-state index in [-0.39, 0.29) is 17.9 Å². The van der Waals surface area contributed by atoms with Gasteiger partial charge in [-0.25, -0.2) is 17.6 Å². The number of halogens is 4. The lowest BCUT2D eigenvalue weighted by molar-refractivity contribution is -0.142. The molecule has 1 aromatic rings. The first-order chi connectivity index (χ1) is 9.70. The zero-order valence-corrected chi connectivity index (χ0v) is 11.9. The fraction of sp³-hybridized carbons (Fsp3) is 0.500. The van der Waals surface area contributed by atoms with Crippen LogP contribution >= 0.6 is 0 Å². The molecule has 7 heteroatoms. The number of methoxy groups -OCH3 is 1. The van der Waals surface area contributed by atoms with Crippen molar-refractivity contribution in [2.24, 2.45) is 11.7 Å². The number of ether oxygens (including phenoxy) is 1. The first-order valence-corrected chi connectivity index (χ1v) is 6.36. The number of carbonyl (C=O) groups is 1. The van der Waals surface area contributed by atoms with Crippen LogP contribution in [0.1, 0.15) is 31.7 Å². The molecule has 0 aliphatic heterocycles. The topological polar surface area (TPSA) is 52.3 Å². The van der Waals surface area contributed by atoms with Crippen molar-refractivity contribution in [3.63, 3.8) is 0 Å². The minimum Gasteiger partial charge on any atom is -0.468 e. The van der Waals surface area contributed by atoms with Gasteiger partial charge in [0.1, 0.15) is 6.04 Å². The van der Waals surface area contributed by atoms with E-state index in [1.165, 1.54) is 14.0 Å². The number of hydrogen-bond acceptors (Lipinski definition) is 3. The Kier molecular flexibility index (Phi) is 5.71. The van der Waals surface area contributed by atoms with Crippen molar-refractivity contribution in [2.75, 3.05) is 7.11 Å². The minimum atomic E-state index is -1.85. The molecule has 0 saturated carbocycles. The molecule has 0 bridgehead atoms. The van der Waals surface area contributed by atoms with Crippen molar-refractivity contribution in [2.45, 2.75) is 32.2 Å². The van der Waals surface area contributed by atoms with Crippen molar-refractivity contribution in [1.82, 2.24) is 0 Å². The monoisotopic (exact) mass is 307 g/mol. The van der Waals surface area contributed by atoms with Crippen molar-refractivity contribution < 1.29 is 27.1 Å². The summed E-state index contributed by atoms with van der Waals surface area (Å²) in [4.78, 5) is 11.2. The van der Waals surface area contributed by atoms with E-state index in [2.05, 4.69) is 4.74 Å². The second-order valence-electron chi connectivity index (χ2n) is 5.02. The maximum atomic E-state index is 13.7. The summed E-state index contributed by atoms with van der Waals surface area (Å²) in [6.45, 7) is 3.16. The first kappa shape index (κ1) is 17.4. The lowest BCUT2D eigenvalue weighted by Gasteiger charge is -2.23. The molecule has 0 radical (unpaired) electrons. The molecule has 2 N–H and O–H groups in total. The molecule has 0 saturated heterocycles. The average Bonchev–Trinajstić information content (AvgIpc) is 2.46. The van der Waals surface area contributed by atoms with E-state index < -0.39 is 41.2 Å². The maximum Gasteiger partial charge on any atom is 0.322 e. The summed E-state index contributed by atoms with van der Waals surface area (Å²) in [5.74, 6) is -8.25. The molecule has 3 atom stereocenters. The highest BCUT2D eigenvalue weighted by Crippen LogP contribution is 2.31. The van der Waals surface area contributed by atoms with Crippen LogP contribution < -0.4 is 5.73 Å². The predicted octanol–water partition coefficient (Wildman–Crippen LogP) is 2.87. The number of hydrogen-bond donors (Lipinski definition) is 1. The molecule has 0 heterocycles. The van der Waals surface area contributed by atoms with E-state index in [1.54, 1.807) is 6.92 Å². The van der Waals surface area contributed by atoms with E-state index in [1.807, 2.05) is 0 Å². The molecule has 3 nitrogen and oxygen atoms in total. The van der Waals surface area contributed by atoms with Gasteiger partial charge in [0.25, 0.3) is 0 Å². The molecule has 1 aromatic carbocycles. The standard InChI is InChI=1S/C14H17F4NO2/c1-6(4-10(19)14(20)21-3)7(2)8-5-9(15)12(17)13(18)11(8)16/h5-7,10H,4,19H2,1-3H3. The number of nitrogens with two attached hydrogens (primary N) is 1. The van der Waals surface area contributed by atoms with Crippen LogP contribution in [0.15, 0.2) is 6.07 Å². The Labute approximate surface area is 120 Å². The van der Waals surface area contributed by atoms with Crippen LogP contribution in [0.3, 0.4) is 0 Å². The van der Waals surface area contributed by atoms with Crippen molar-refractivity contribution >= 4 is 5.97 Å². The van der Waals surface area contributed by atoms with Crippen LogP contribution in [0.4, 0.5) is 17.6 Å². The number of rotatable bonds is 5. The number of carbonyl (C=O) groups excluding carboxylic acids is 1. The predicted molar refractivity (Wildman–Crippen MR) is 68.5 cm³/mol. The normalized spacial score (nSPS) is 15.4. The molecule has 0 aliphatic carbocycles. The van der Waals surface area contributed by atoms with Gasteiger partial charge in [-0.2, -0.15) is 0 Å². The summed E-state index contributed by atoms with van der Waals surface area (Å²) < 4.78 is 57.5. The molecule has 1 rings (SSSR count). The third kappa shape index (κ3) is 3.72. The van der Waals surface area contributed by atoms with Crippen LogP contribution in [0, 0.1) is 29.2 Å². The van der Waals surface area contributed by atoms with E-state index in [4.69, 9.17) is 5.73 Å². The van der Waals surface area contributed by atoms with Crippen LogP contribution in [-0.2, 0) is 9.53 Å². The Morgan fingerprint density at radius 3 is 2.29 bits per heavy atom. The van der Waals surface area contributed by atoms with Crippen molar-refractivity contribution in [1.29, 1.82) is 0 Å². The Bertz CT molecular complexity index is 536. The first-order valence-electron chi connectivity index (χ1n) is 6.36. The van der Waals surface area contributed by atoms with E-state index in [0.717, 1.165) is 0 Å². The molecular weight excluding hydrogens is 290 g/mol. The highest BCUT2D eigenvalue weighted by molar-refractivity contribution is 5.75. The van der Waals surface area contributed by atoms with Crippen LogP contribution in [0.2, 0.25) is 0 Å². The van der Waals surface area contributed by atoms with Gasteiger partial charge in [0, 0.05) is 0 Å². The van der Waals surface area contributed by atoms with E-state index in [0.29, 0.717) is 6.07 Å². The second-order valence-corrected chi connectivity index (χ2v) is 5.02. The second kappa shape index (κ2) is 6.89. The van der Waals surface area contributed by atoms with Crippen molar-refractivity contribution in [3.05, 3.63) is 34.9 Å². The zero-order chi connectivity index (χ0) is 16.3. The van der Waals surface area contributed by atoms with Gasteiger partial charge >= 0.3 is 5.97 Å². The molecule has 21 heavy (non-hydrogen) atoms. The number of esters is 1. The molecule has 0 spiro atoms. The summed E-state index contributed by atoms with van der Waals surface area (Å²) in [6.07, 6.45) is 0.133.